The quantitative estimate of drug-likeness (QED) is 0.845. The highest BCUT2D eigenvalue weighted by atomic mass is 16.1. The SMILES string of the molecule is CCN(c1cccc(C)c1)c1ncc(C(=O)NCCN(C)C)cn1. The van der Waals surface area contributed by atoms with Crippen molar-refractivity contribution in [3.63, 3.8) is 0 Å². The van der Waals surface area contributed by atoms with E-state index in [1.165, 1.54) is 5.56 Å². The molecule has 0 radical (unpaired) electrons. The highest BCUT2D eigenvalue weighted by Crippen LogP contribution is 2.22. The highest BCUT2D eigenvalue weighted by molar-refractivity contribution is 5.93. The van der Waals surface area contributed by atoms with E-state index in [-0.39, 0.29) is 5.91 Å². The largest absolute Gasteiger partial charge is 0.351 e. The van der Waals surface area contributed by atoms with Gasteiger partial charge in [0.1, 0.15) is 0 Å². The van der Waals surface area contributed by atoms with Crippen LogP contribution >= 0.6 is 0 Å². The van der Waals surface area contributed by atoms with Gasteiger partial charge in [-0.05, 0) is 45.6 Å². The Hall–Kier alpha value is -2.47. The van der Waals surface area contributed by atoms with E-state index in [0.29, 0.717) is 18.1 Å². The van der Waals surface area contributed by atoms with E-state index in [2.05, 4.69) is 34.3 Å². The number of carbonyl (C=O) groups excluding carboxylic acids is 1. The molecule has 2 rings (SSSR count). The number of nitrogens with one attached hydrogen (secondary N) is 1. The summed E-state index contributed by atoms with van der Waals surface area (Å²) < 4.78 is 0. The van der Waals surface area contributed by atoms with Crippen LogP contribution < -0.4 is 10.2 Å². The molecule has 24 heavy (non-hydrogen) atoms. The van der Waals surface area contributed by atoms with Gasteiger partial charge in [0, 0.05) is 37.7 Å². The first kappa shape index (κ1) is 17.9. The summed E-state index contributed by atoms with van der Waals surface area (Å²) in [5.74, 6) is 0.440. The van der Waals surface area contributed by atoms with Gasteiger partial charge in [-0.3, -0.25) is 4.79 Å². The molecule has 128 valence electrons. The van der Waals surface area contributed by atoms with Crippen LogP contribution in [0.4, 0.5) is 11.6 Å². The van der Waals surface area contributed by atoms with Crippen LogP contribution in [0.5, 0.6) is 0 Å². The topological polar surface area (TPSA) is 61.4 Å². The molecule has 0 atom stereocenters. The molecule has 0 aliphatic rings. The normalized spacial score (nSPS) is 10.7. The molecule has 6 heteroatoms. The predicted molar refractivity (Wildman–Crippen MR) is 96.8 cm³/mol. The summed E-state index contributed by atoms with van der Waals surface area (Å²) in [6, 6.07) is 8.19. The zero-order valence-electron chi connectivity index (χ0n) is 14.8. The van der Waals surface area contributed by atoms with Crippen molar-refractivity contribution in [2.75, 3.05) is 38.6 Å². The van der Waals surface area contributed by atoms with Gasteiger partial charge in [0.15, 0.2) is 0 Å². The first-order valence-electron chi connectivity index (χ1n) is 8.10. The van der Waals surface area contributed by atoms with Crippen LogP contribution in [0.15, 0.2) is 36.7 Å². The van der Waals surface area contributed by atoms with E-state index in [9.17, 15) is 4.79 Å². The average Bonchev–Trinajstić information content (AvgIpc) is 2.56. The van der Waals surface area contributed by atoms with Gasteiger partial charge in [-0.15, -0.1) is 0 Å². The lowest BCUT2D eigenvalue weighted by molar-refractivity contribution is 0.0950. The van der Waals surface area contributed by atoms with Crippen LogP contribution in [0.1, 0.15) is 22.8 Å². The third-order valence-corrected chi connectivity index (χ3v) is 3.62. The minimum absolute atomic E-state index is 0.151. The number of anilines is 2. The van der Waals surface area contributed by atoms with Gasteiger partial charge in [-0.25, -0.2) is 9.97 Å². The van der Waals surface area contributed by atoms with E-state index < -0.39 is 0 Å². The van der Waals surface area contributed by atoms with Gasteiger partial charge in [0.2, 0.25) is 5.95 Å². The van der Waals surface area contributed by atoms with Gasteiger partial charge in [0.25, 0.3) is 5.91 Å². The summed E-state index contributed by atoms with van der Waals surface area (Å²) in [6.45, 7) is 6.24. The summed E-state index contributed by atoms with van der Waals surface area (Å²) in [5.41, 5.74) is 2.70. The Labute approximate surface area is 143 Å². The zero-order valence-corrected chi connectivity index (χ0v) is 14.8. The molecule has 1 aromatic heterocycles. The molecule has 0 aliphatic carbocycles. The molecule has 1 amide bonds. The summed E-state index contributed by atoms with van der Waals surface area (Å²) in [5, 5.41) is 2.86. The number of amides is 1. The third kappa shape index (κ3) is 4.76. The van der Waals surface area contributed by atoms with Crippen molar-refractivity contribution in [2.45, 2.75) is 13.8 Å². The zero-order chi connectivity index (χ0) is 17.5. The lowest BCUT2D eigenvalue weighted by atomic mass is 10.2. The first-order chi connectivity index (χ1) is 11.5. The van der Waals surface area contributed by atoms with Gasteiger partial charge in [0.05, 0.1) is 5.56 Å². The van der Waals surface area contributed by atoms with E-state index in [0.717, 1.165) is 18.8 Å². The van der Waals surface area contributed by atoms with Crippen molar-refractivity contribution in [1.82, 2.24) is 20.2 Å². The molecule has 6 nitrogen and oxygen atoms in total. The molecule has 0 aliphatic heterocycles. The van der Waals surface area contributed by atoms with E-state index in [1.807, 2.05) is 43.0 Å². The minimum atomic E-state index is -0.151. The predicted octanol–water partition coefficient (Wildman–Crippen LogP) is 2.23. The number of carbonyl (C=O) groups is 1. The Balaban J connectivity index is 2.08. The van der Waals surface area contributed by atoms with E-state index in [4.69, 9.17) is 0 Å². The monoisotopic (exact) mass is 327 g/mol. The minimum Gasteiger partial charge on any atom is -0.351 e. The molecule has 1 heterocycles. The van der Waals surface area contributed by atoms with Crippen LogP contribution in [0.25, 0.3) is 0 Å². The number of aromatic nitrogens is 2. The number of likely N-dealkylation sites (N-methyl/N-ethyl adjacent to an activating group) is 1. The van der Waals surface area contributed by atoms with Crippen molar-refractivity contribution >= 4 is 17.5 Å². The van der Waals surface area contributed by atoms with Crippen molar-refractivity contribution in [2.24, 2.45) is 0 Å². The molecule has 2 aromatic rings. The van der Waals surface area contributed by atoms with E-state index >= 15 is 0 Å². The third-order valence-electron chi connectivity index (χ3n) is 3.62. The molecule has 0 spiro atoms. The number of aryl methyl sites for hydroxylation is 1. The number of nitrogens with zero attached hydrogens (tertiary/aromatic N) is 4. The molecular weight excluding hydrogens is 302 g/mol. The van der Waals surface area contributed by atoms with Crippen molar-refractivity contribution < 1.29 is 4.79 Å². The number of hydrogen-bond donors (Lipinski definition) is 1. The van der Waals surface area contributed by atoms with Gasteiger partial charge < -0.3 is 15.1 Å². The Morgan fingerprint density at radius 3 is 2.50 bits per heavy atom. The molecule has 0 fully saturated rings. The fourth-order valence-electron chi connectivity index (χ4n) is 2.31. The fourth-order valence-corrected chi connectivity index (χ4v) is 2.31. The summed E-state index contributed by atoms with van der Waals surface area (Å²) in [7, 11) is 3.93. The van der Waals surface area contributed by atoms with Gasteiger partial charge >= 0.3 is 0 Å². The van der Waals surface area contributed by atoms with Gasteiger partial charge in [-0.2, -0.15) is 0 Å². The van der Waals surface area contributed by atoms with Crippen LogP contribution in [0.3, 0.4) is 0 Å². The maximum atomic E-state index is 12.1. The van der Waals surface area contributed by atoms with Gasteiger partial charge in [-0.1, -0.05) is 12.1 Å². The Kier molecular flexibility index (Phi) is 6.26. The molecule has 0 saturated carbocycles. The molecule has 0 unspecified atom stereocenters. The number of hydrogen-bond acceptors (Lipinski definition) is 5. The maximum Gasteiger partial charge on any atom is 0.254 e. The second-order valence-corrected chi connectivity index (χ2v) is 5.91. The number of benzene rings is 1. The summed E-state index contributed by atoms with van der Waals surface area (Å²) in [6.07, 6.45) is 3.15. The Morgan fingerprint density at radius 1 is 1.21 bits per heavy atom. The molecular formula is C18H25N5O. The summed E-state index contributed by atoms with van der Waals surface area (Å²) in [4.78, 5) is 24.8. The average molecular weight is 327 g/mol. The second-order valence-electron chi connectivity index (χ2n) is 5.91. The highest BCUT2D eigenvalue weighted by Gasteiger charge is 2.12. The second kappa shape index (κ2) is 8.40. The van der Waals surface area contributed by atoms with Crippen molar-refractivity contribution in [1.29, 1.82) is 0 Å². The summed E-state index contributed by atoms with van der Waals surface area (Å²) >= 11 is 0. The van der Waals surface area contributed by atoms with Crippen LogP contribution in [-0.2, 0) is 0 Å². The first-order valence-corrected chi connectivity index (χ1v) is 8.10. The van der Waals surface area contributed by atoms with Crippen molar-refractivity contribution in [3.05, 3.63) is 47.8 Å². The molecule has 0 bridgehead atoms. The Bertz CT molecular complexity index is 669. The fraction of sp³-hybridized carbons (Fsp3) is 0.389. The van der Waals surface area contributed by atoms with E-state index in [1.54, 1.807) is 12.4 Å². The maximum absolute atomic E-state index is 12.1. The lowest BCUT2D eigenvalue weighted by Gasteiger charge is -2.21. The number of rotatable bonds is 7. The van der Waals surface area contributed by atoms with Crippen LogP contribution in [-0.4, -0.2) is 54.5 Å². The van der Waals surface area contributed by atoms with Crippen LogP contribution in [0, 0.1) is 6.92 Å². The molecule has 1 N–H and O–H groups in total. The molecule has 1 aromatic carbocycles. The lowest BCUT2D eigenvalue weighted by Crippen LogP contribution is -2.31. The van der Waals surface area contributed by atoms with Crippen molar-refractivity contribution in [3.8, 4) is 0 Å². The van der Waals surface area contributed by atoms with Crippen LogP contribution in [0.2, 0.25) is 0 Å². The smallest absolute Gasteiger partial charge is 0.254 e. The standard InChI is InChI=1S/C18H25N5O/c1-5-23(16-8-6-7-14(2)11-16)18-20-12-15(13-21-18)17(24)19-9-10-22(3)4/h6-8,11-13H,5,9-10H2,1-4H3,(H,19,24). The Morgan fingerprint density at radius 2 is 1.92 bits per heavy atom. The molecule has 0 saturated heterocycles.